The third-order valence-electron chi connectivity index (χ3n) is 5.91. The Morgan fingerprint density at radius 3 is 2.39 bits per heavy atom. The van der Waals surface area contributed by atoms with Crippen LogP contribution in [0.25, 0.3) is 0 Å². The van der Waals surface area contributed by atoms with E-state index in [0.29, 0.717) is 6.54 Å². The van der Waals surface area contributed by atoms with E-state index in [9.17, 15) is 4.79 Å². The van der Waals surface area contributed by atoms with Gasteiger partial charge in [-0.25, -0.2) is 0 Å². The molecule has 126 valence electrons. The number of rotatable bonds is 5. The topological polar surface area (TPSA) is 32.3 Å². The summed E-state index contributed by atoms with van der Waals surface area (Å²) in [5, 5.41) is 3.44. The van der Waals surface area contributed by atoms with Crippen LogP contribution >= 0.6 is 22.9 Å². The van der Waals surface area contributed by atoms with Crippen LogP contribution in [0.1, 0.15) is 43.4 Å². The summed E-state index contributed by atoms with van der Waals surface area (Å²) in [6.07, 6.45) is 7.88. The average Bonchev–Trinajstić information content (AvgIpc) is 2.81. The highest BCUT2D eigenvalue weighted by Crippen LogP contribution is 2.55. The Kier molecular flexibility index (Phi) is 4.19. The molecule has 0 spiro atoms. The minimum atomic E-state index is 0.124. The van der Waals surface area contributed by atoms with Crippen molar-refractivity contribution in [2.24, 2.45) is 17.8 Å². The molecule has 4 bridgehead atoms. The quantitative estimate of drug-likeness (QED) is 0.871. The third-order valence-corrected chi connectivity index (χ3v) is 7.13. The van der Waals surface area contributed by atoms with Crippen molar-refractivity contribution in [1.29, 1.82) is 0 Å². The molecule has 5 rings (SSSR count). The van der Waals surface area contributed by atoms with Crippen LogP contribution in [-0.4, -0.2) is 29.9 Å². The first kappa shape index (κ1) is 15.9. The fraction of sp³-hybridized carbons (Fsp3) is 0.722. The Bertz CT molecular complexity index is 564. The molecule has 0 radical (unpaired) electrons. The molecule has 4 fully saturated rings. The summed E-state index contributed by atoms with van der Waals surface area (Å²) in [5.74, 6) is 2.80. The van der Waals surface area contributed by atoms with Crippen molar-refractivity contribution in [2.75, 3.05) is 13.6 Å². The van der Waals surface area contributed by atoms with E-state index < -0.39 is 0 Å². The first-order valence-corrected chi connectivity index (χ1v) is 9.93. The van der Waals surface area contributed by atoms with Crippen LogP contribution in [0.2, 0.25) is 4.34 Å². The fourth-order valence-corrected chi connectivity index (χ4v) is 6.77. The number of hydrogen-bond acceptors (Lipinski definition) is 3. The predicted octanol–water partition coefficient (Wildman–Crippen LogP) is 3.92. The Morgan fingerprint density at radius 1 is 1.26 bits per heavy atom. The number of amides is 1. The molecule has 1 amide bonds. The lowest BCUT2D eigenvalue weighted by molar-refractivity contribution is -0.127. The van der Waals surface area contributed by atoms with Crippen molar-refractivity contribution < 1.29 is 4.79 Å². The highest BCUT2D eigenvalue weighted by molar-refractivity contribution is 7.16. The van der Waals surface area contributed by atoms with Crippen molar-refractivity contribution in [3.63, 3.8) is 0 Å². The Hall–Kier alpha value is -0.580. The normalized spacial score (nSPS) is 35.0. The molecule has 5 heteroatoms. The Labute approximate surface area is 147 Å². The monoisotopic (exact) mass is 352 g/mol. The van der Waals surface area contributed by atoms with Gasteiger partial charge in [0.25, 0.3) is 0 Å². The molecule has 1 N–H and O–H groups in total. The van der Waals surface area contributed by atoms with E-state index in [-0.39, 0.29) is 11.4 Å². The lowest BCUT2D eigenvalue weighted by Gasteiger charge is -2.57. The molecule has 3 nitrogen and oxygen atoms in total. The molecule has 4 aliphatic rings. The van der Waals surface area contributed by atoms with E-state index in [1.54, 1.807) is 11.3 Å². The second kappa shape index (κ2) is 6.05. The SMILES string of the molecule is CN(CC(=O)NC12CC3CC(CC(C3)C1)C2)Cc1ccc(Cl)s1. The third kappa shape index (κ3) is 3.45. The number of nitrogens with zero attached hydrogens (tertiary/aromatic N) is 1. The summed E-state index contributed by atoms with van der Waals surface area (Å²) in [6, 6.07) is 3.96. The largest absolute Gasteiger partial charge is 0.350 e. The van der Waals surface area contributed by atoms with Gasteiger partial charge in [0.2, 0.25) is 5.91 Å². The predicted molar refractivity (Wildman–Crippen MR) is 94.7 cm³/mol. The number of nitrogens with one attached hydrogen (secondary N) is 1. The standard InChI is InChI=1S/C18H25ClN2OS/c1-21(10-15-2-3-16(19)23-15)11-17(22)20-18-7-12-4-13(8-18)6-14(5-12)9-18/h2-3,12-14H,4-11H2,1H3,(H,20,22). The van der Waals surface area contributed by atoms with Gasteiger partial charge in [-0.05, 0) is 75.5 Å². The summed E-state index contributed by atoms with van der Waals surface area (Å²) in [7, 11) is 2.01. The zero-order valence-corrected chi connectivity index (χ0v) is 15.3. The van der Waals surface area contributed by atoms with Gasteiger partial charge in [0.1, 0.15) is 0 Å². The van der Waals surface area contributed by atoms with Gasteiger partial charge in [0.15, 0.2) is 0 Å². The van der Waals surface area contributed by atoms with Crippen molar-refractivity contribution in [2.45, 2.75) is 50.6 Å². The number of carbonyl (C=O) groups is 1. The van der Waals surface area contributed by atoms with Gasteiger partial charge < -0.3 is 5.32 Å². The summed E-state index contributed by atoms with van der Waals surface area (Å²) in [5.41, 5.74) is 0.124. The van der Waals surface area contributed by atoms with Gasteiger partial charge in [-0.2, -0.15) is 0 Å². The molecule has 0 aliphatic heterocycles. The average molecular weight is 353 g/mol. The van der Waals surface area contributed by atoms with Gasteiger partial charge in [0.05, 0.1) is 10.9 Å². The second-order valence-corrected chi connectivity index (χ2v) is 9.92. The summed E-state index contributed by atoms with van der Waals surface area (Å²) in [4.78, 5) is 15.8. The van der Waals surface area contributed by atoms with E-state index in [2.05, 4.69) is 10.2 Å². The van der Waals surface area contributed by atoms with Crippen LogP contribution in [0.5, 0.6) is 0 Å². The number of thiophene rings is 1. The van der Waals surface area contributed by atoms with E-state index in [1.807, 2.05) is 19.2 Å². The highest BCUT2D eigenvalue weighted by atomic mass is 35.5. The molecule has 1 aromatic rings. The second-order valence-electron chi connectivity index (χ2n) is 8.12. The van der Waals surface area contributed by atoms with Gasteiger partial charge in [0, 0.05) is 17.0 Å². The molecule has 4 aliphatic carbocycles. The van der Waals surface area contributed by atoms with Crippen molar-refractivity contribution in [3.05, 3.63) is 21.3 Å². The van der Waals surface area contributed by atoms with Gasteiger partial charge in [-0.3, -0.25) is 9.69 Å². The van der Waals surface area contributed by atoms with Crippen molar-refractivity contribution >= 4 is 28.8 Å². The fourth-order valence-electron chi connectivity index (χ4n) is 5.60. The number of hydrogen-bond donors (Lipinski definition) is 1. The van der Waals surface area contributed by atoms with Gasteiger partial charge in [-0.1, -0.05) is 11.6 Å². The van der Waals surface area contributed by atoms with Gasteiger partial charge in [-0.15, -0.1) is 11.3 Å². The Morgan fingerprint density at radius 2 is 1.87 bits per heavy atom. The lowest BCUT2D eigenvalue weighted by Crippen LogP contribution is -2.60. The summed E-state index contributed by atoms with van der Waals surface area (Å²) in [6.45, 7) is 1.25. The summed E-state index contributed by atoms with van der Waals surface area (Å²) < 4.78 is 0.811. The van der Waals surface area contributed by atoms with Crippen LogP contribution in [0, 0.1) is 17.8 Å². The molecule has 23 heavy (non-hydrogen) atoms. The maximum atomic E-state index is 12.6. The maximum absolute atomic E-state index is 12.6. The molecule has 0 atom stereocenters. The summed E-state index contributed by atoms with van der Waals surface area (Å²) >= 11 is 7.56. The van der Waals surface area contributed by atoms with Crippen LogP contribution in [0.15, 0.2) is 12.1 Å². The smallest absolute Gasteiger partial charge is 0.234 e. The molecule has 4 saturated carbocycles. The van der Waals surface area contributed by atoms with Crippen LogP contribution in [-0.2, 0) is 11.3 Å². The Balaban J connectivity index is 1.33. The molecule has 0 unspecified atom stereocenters. The molecule has 1 aromatic heterocycles. The zero-order chi connectivity index (χ0) is 16.0. The van der Waals surface area contributed by atoms with Crippen LogP contribution in [0.4, 0.5) is 0 Å². The minimum absolute atomic E-state index is 0.124. The molecular weight excluding hydrogens is 328 g/mol. The zero-order valence-electron chi connectivity index (χ0n) is 13.7. The minimum Gasteiger partial charge on any atom is -0.350 e. The van der Waals surface area contributed by atoms with Crippen molar-refractivity contribution in [1.82, 2.24) is 10.2 Å². The van der Waals surface area contributed by atoms with E-state index in [0.717, 1.165) is 28.6 Å². The first-order valence-electron chi connectivity index (χ1n) is 8.73. The van der Waals surface area contributed by atoms with E-state index in [4.69, 9.17) is 11.6 Å². The van der Waals surface area contributed by atoms with Crippen LogP contribution in [0.3, 0.4) is 0 Å². The molecule has 1 heterocycles. The lowest BCUT2D eigenvalue weighted by atomic mass is 9.53. The maximum Gasteiger partial charge on any atom is 0.234 e. The first-order chi connectivity index (χ1) is 11.0. The van der Waals surface area contributed by atoms with Crippen LogP contribution < -0.4 is 5.32 Å². The number of halogens is 1. The van der Waals surface area contributed by atoms with Gasteiger partial charge >= 0.3 is 0 Å². The van der Waals surface area contributed by atoms with Crippen molar-refractivity contribution in [3.8, 4) is 0 Å². The molecular formula is C18H25ClN2OS. The highest BCUT2D eigenvalue weighted by Gasteiger charge is 2.51. The number of likely N-dealkylation sites (N-methyl/N-ethyl adjacent to an activating group) is 1. The van der Waals surface area contributed by atoms with E-state index in [1.165, 1.54) is 43.4 Å². The number of carbonyl (C=O) groups excluding carboxylic acids is 1. The van der Waals surface area contributed by atoms with E-state index >= 15 is 0 Å². The molecule has 0 saturated heterocycles. The molecule has 0 aromatic carbocycles.